The molecule has 1 atom stereocenters. The summed E-state index contributed by atoms with van der Waals surface area (Å²) < 4.78 is 25.7. The fraction of sp³-hybridized carbons (Fsp3) is 0.455. The first-order valence-corrected chi connectivity index (χ1v) is 6.88. The first kappa shape index (κ1) is 12.3. The number of phenols is 1. The van der Waals surface area contributed by atoms with E-state index < -0.39 is 10.0 Å². The van der Waals surface area contributed by atoms with Crippen LogP contribution in [0.1, 0.15) is 6.42 Å². The molecule has 17 heavy (non-hydrogen) atoms. The number of phenolic OH excluding ortho intramolecular Hbond substituents is 1. The third-order valence-electron chi connectivity index (χ3n) is 2.96. The van der Waals surface area contributed by atoms with E-state index in [1.54, 1.807) is 0 Å². The minimum atomic E-state index is -3.54. The summed E-state index contributed by atoms with van der Waals surface area (Å²) >= 11 is 0. The lowest BCUT2D eigenvalue weighted by Crippen LogP contribution is -2.29. The Labute approximate surface area is 100 Å². The molecule has 0 amide bonds. The lowest BCUT2D eigenvalue weighted by molar-refractivity contribution is 0.233. The Hall–Kier alpha value is -1.11. The van der Waals surface area contributed by atoms with Gasteiger partial charge in [0.2, 0.25) is 10.0 Å². The molecule has 1 aromatic carbocycles. The maximum atomic E-state index is 12.2. The zero-order chi connectivity index (χ0) is 12.5. The van der Waals surface area contributed by atoms with E-state index in [1.807, 2.05) is 0 Å². The van der Waals surface area contributed by atoms with Crippen molar-refractivity contribution < 1.29 is 18.6 Å². The molecule has 1 heterocycles. The number of aromatic hydroxyl groups is 1. The second-order valence-corrected chi connectivity index (χ2v) is 6.14. The van der Waals surface area contributed by atoms with Crippen LogP contribution in [-0.4, -0.2) is 42.6 Å². The van der Waals surface area contributed by atoms with Crippen LogP contribution in [0.4, 0.5) is 0 Å². The molecule has 1 aliphatic rings. The molecule has 0 aromatic heterocycles. The molecule has 0 spiro atoms. The monoisotopic (exact) mass is 257 g/mol. The summed E-state index contributed by atoms with van der Waals surface area (Å²) in [5.74, 6) is -0.0499. The van der Waals surface area contributed by atoms with Gasteiger partial charge in [0.25, 0.3) is 0 Å². The van der Waals surface area contributed by atoms with E-state index in [0.29, 0.717) is 19.5 Å². The van der Waals surface area contributed by atoms with Crippen molar-refractivity contribution in [1.29, 1.82) is 0 Å². The van der Waals surface area contributed by atoms with Gasteiger partial charge >= 0.3 is 0 Å². The Morgan fingerprint density at radius 2 is 2.18 bits per heavy atom. The van der Waals surface area contributed by atoms with Crippen LogP contribution < -0.4 is 0 Å². The molecule has 0 radical (unpaired) electrons. The molecule has 94 valence electrons. The van der Waals surface area contributed by atoms with Crippen molar-refractivity contribution in [2.24, 2.45) is 5.92 Å². The molecule has 1 fully saturated rings. The summed E-state index contributed by atoms with van der Waals surface area (Å²) in [6.07, 6.45) is 0.675. The average Bonchev–Trinajstić information content (AvgIpc) is 2.78. The maximum absolute atomic E-state index is 12.2. The second kappa shape index (κ2) is 4.64. The predicted molar refractivity (Wildman–Crippen MR) is 62.1 cm³/mol. The van der Waals surface area contributed by atoms with Gasteiger partial charge in [0.05, 0.1) is 4.90 Å². The van der Waals surface area contributed by atoms with Crippen LogP contribution >= 0.6 is 0 Å². The van der Waals surface area contributed by atoms with E-state index >= 15 is 0 Å². The fourth-order valence-corrected chi connectivity index (χ4v) is 3.53. The summed E-state index contributed by atoms with van der Waals surface area (Å²) in [6, 6.07) is 5.63. The summed E-state index contributed by atoms with van der Waals surface area (Å²) in [6.45, 7) is 0.768. The number of sulfonamides is 1. The molecule has 1 unspecified atom stereocenters. The Morgan fingerprint density at radius 1 is 1.41 bits per heavy atom. The van der Waals surface area contributed by atoms with E-state index in [9.17, 15) is 13.5 Å². The number of rotatable bonds is 3. The topological polar surface area (TPSA) is 77.8 Å². The molecule has 1 saturated heterocycles. The molecule has 0 bridgehead atoms. The largest absolute Gasteiger partial charge is 0.508 e. The standard InChI is InChI=1S/C11H15NO4S/c13-8-9-4-5-12(7-9)17(15,16)11-3-1-2-10(14)6-11/h1-3,6,9,13-14H,4-5,7-8H2. The molecular weight excluding hydrogens is 242 g/mol. The highest BCUT2D eigenvalue weighted by Crippen LogP contribution is 2.25. The van der Waals surface area contributed by atoms with E-state index in [1.165, 1.54) is 28.6 Å². The smallest absolute Gasteiger partial charge is 0.243 e. The van der Waals surface area contributed by atoms with Crippen LogP contribution in [0.15, 0.2) is 29.2 Å². The predicted octanol–water partition coefficient (Wildman–Crippen LogP) is 0.395. The van der Waals surface area contributed by atoms with Gasteiger partial charge in [-0.25, -0.2) is 8.42 Å². The van der Waals surface area contributed by atoms with E-state index in [0.717, 1.165) is 0 Å². The van der Waals surface area contributed by atoms with E-state index in [-0.39, 0.29) is 23.2 Å². The van der Waals surface area contributed by atoms with Gasteiger partial charge in [-0.3, -0.25) is 0 Å². The highest BCUT2D eigenvalue weighted by atomic mass is 32.2. The first-order valence-electron chi connectivity index (χ1n) is 5.44. The number of nitrogens with zero attached hydrogens (tertiary/aromatic N) is 1. The van der Waals surface area contributed by atoms with Gasteiger partial charge in [0, 0.05) is 19.7 Å². The molecule has 1 aliphatic heterocycles. The molecule has 1 aromatic rings. The number of aliphatic hydroxyl groups excluding tert-OH is 1. The highest BCUT2D eigenvalue weighted by Gasteiger charge is 2.32. The van der Waals surface area contributed by atoms with E-state index in [4.69, 9.17) is 5.11 Å². The summed E-state index contributed by atoms with van der Waals surface area (Å²) in [5, 5.41) is 18.3. The van der Waals surface area contributed by atoms with Crippen molar-refractivity contribution >= 4 is 10.0 Å². The van der Waals surface area contributed by atoms with Crippen LogP contribution in [-0.2, 0) is 10.0 Å². The Bertz CT molecular complexity index is 500. The summed E-state index contributed by atoms with van der Waals surface area (Å²) in [4.78, 5) is 0.0936. The third-order valence-corrected chi connectivity index (χ3v) is 4.82. The molecule has 0 aliphatic carbocycles. The molecule has 0 saturated carbocycles. The quantitative estimate of drug-likeness (QED) is 0.821. The number of hydrogen-bond donors (Lipinski definition) is 2. The van der Waals surface area contributed by atoms with Crippen molar-refractivity contribution in [1.82, 2.24) is 4.31 Å². The molecule has 6 heteroatoms. The zero-order valence-corrected chi connectivity index (χ0v) is 10.1. The molecule has 5 nitrogen and oxygen atoms in total. The summed E-state index contributed by atoms with van der Waals surface area (Å²) in [7, 11) is -3.54. The molecular formula is C11H15NO4S. The lowest BCUT2D eigenvalue weighted by atomic mass is 10.1. The number of aliphatic hydroxyl groups is 1. The van der Waals surface area contributed by atoms with Crippen LogP contribution in [0.5, 0.6) is 5.75 Å². The van der Waals surface area contributed by atoms with Gasteiger partial charge in [-0.15, -0.1) is 0 Å². The van der Waals surface area contributed by atoms with Crippen LogP contribution in [0.2, 0.25) is 0 Å². The van der Waals surface area contributed by atoms with Gasteiger partial charge in [0.15, 0.2) is 0 Å². The van der Waals surface area contributed by atoms with Crippen molar-refractivity contribution in [3.8, 4) is 5.75 Å². The summed E-state index contributed by atoms with van der Waals surface area (Å²) in [5.41, 5.74) is 0. The fourth-order valence-electron chi connectivity index (χ4n) is 1.96. The normalized spacial score (nSPS) is 21.8. The first-order chi connectivity index (χ1) is 8.04. The Morgan fingerprint density at radius 3 is 2.76 bits per heavy atom. The van der Waals surface area contributed by atoms with E-state index in [2.05, 4.69) is 0 Å². The highest BCUT2D eigenvalue weighted by molar-refractivity contribution is 7.89. The molecule has 2 rings (SSSR count). The number of hydrogen-bond acceptors (Lipinski definition) is 4. The Balaban J connectivity index is 2.25. The van der Waals surface area contributed by atoms with Crippen LogP contribution in [0.25, 0.3) is 0 Å². The van der Waals surface area contributed by atoms with Crippen molar-refractivity contribution in [2.75, 3.05) is 19.7 Å². The van der Waals surface area contributed by atoms with Crippen molar-refractivity contribution in [2.45, 2.75) is 11.3 Å². The SMILES string of the molecule is O=S(=O)(c1cccc(O)c1)N1CCC(CO)C1. The zero-order valence-electron chi connectivity index (χ0n) is 9.28. The van der Waals surface area contributed by atoms with Gasteiger partial charge in [-0.1, -0.05) is 6.07 Å². The van der Waals surface area contributed by atoms with Crippen molar-refractivity contribution in [3.63, 3.8) is 0 Å². The van der Waals surface area contributed by atoms with Gasteiger partial charge in [-0.05, 0) is 30.5 Å². The van der Waals surface area contributed by atoms with Gasteiger partial charge < -0.3 is 10.2 Å². The second-order valence-electron chi connectivity index (χ2n) is 4.20. The van der Waals surface area contributed by atoms with Crippen LogP contribution in [0.3, 0.4) is 0 Å². The lowest BCUT2D eigenvalue weighted by Gasteiger charge is -2.16. The minimum absolute atomic E-state index is 0.00601. The minimum Gasteiger partial charge on any atom is -0.508 e. The molecule has 2 N–H and O–H groups in total. The Kier molecular flexibility index (Phi) is 3.37. The van der Waals surface area contributed by atoms with Crippen LogP contribution in [0, 0.1) is 5.92 Å². The van der Waals surface area contributed by atoms with Gasteiger partial charge in [0.1, 0.15) is 5.75 Å². The number of benzene rings is 1. The van der Waals surface area contributed by atoms with Gasteiger partial charge in [-0.2, -0.15) is 4.31 Å². The maximum Gasteiger partial charge on any atom is 0.243 e. The third kappa shape index (κ3) is 2.43. The van der Waals surface area contributed by atoms with Crippen molar-refractivity contribution in [3.05, 3.63) is 24.3 Å². The average molecular weight is 257 g/mol.